The summed E-state index contributed by atoms with van der Waals surface area (Å²) in [5.41, 5.74) is 3.89. The molecule has 0 saturated heterocycles. The lowest BCUT2D eigenvalue weighted by Gasteiger charge is -2.10. The predicted molar refractivity (Wildman–Crippen MR) is 87.1 cm³/mol. The molecule has 3 aromatic carbocycles. The normalized spacial score (nSPS) is 10.7. The van der Waals surface area contributed by atoms with Gasteiger partial charge in [-0.3, -0.25) is 0 Å². The maximum absolute atomic E-state index is 3.50. The van der Waals surface area contributed by atoms with Crippen LogP contribution in [-0.2, 0) is 13.0 Å². The Kier molecular flexibility index (Phi) is 3.69. The van der Waals surface area contributed by atoms with E-state index in [-0.39, 0.29) is 0 Å². The number of aryl methyl sites for hydroxylation is 1. The van der Waals surface area contributed by atoms with E-state index in [9.17, 15) is 0 Å². The van der Waals surface area contributed by atoms with E-state index >= 15 is 0 Å². The molecule has 0 heterocycles. The van der Waals surface area contributed by atoms with E-state index in [1.165, 1.54) is 27.6 Å². The van der Waals surface area contributed by atoms with Crippen molar-refractivity contribution in [1.82, 2.24) is 0 Å². The fourth-order valence-electron chi connectivity index (χ4n) is 2.50. The Labute approximate surface area is 120 Å². The molecule has 0 unspecified atom stereocenters. The molecule has 0 aliphatic carbocycles. The van der Waals surface area contributed by atoms with Gasteiger partial charge >= 0.3 is 0 Å². The maximum atomic E-state index is 3.50. The van der Waals surface area contributed by atoms with E-state index in [0.29, 0.717) is 0 Å². The molecular weight excluding hydrogens is 242 g/mol. The van der Waals surface area contributed by atoms with Crippen LogP contribution in [-0.4, -0.2) is 0 Å². The van der Waals surface area contributed by atoms with E-state index in [0.717, 1.165) is 13.0 Å². The minimum Gasteiger partial charge on any atom is -0.381 e. The van der Waals surface area contributed by atoms with E-state index in [2.05, 4.69) is 79.0 Å². The van der Waals surface area contributed by atoms with Gasteiger partial charge in [-0.05, 0) is 40.5 Å². The Balaban J connectivity index is 1.79. The van der Waals surface area contributed by atoms with Gasteiger partial charge in [-0.1, -0.05) is 61.5 Å². The number of anilines is 1. The van der Waals surface area contributed by atoms with Crippen LogP contribution in [0.3, 0.4) is 0 Å². The third-order valence-corrected chi connectivity index (χ3v) is 3.73. The number of nitrogens with one attached hydrogen (secondary N) is 1. The van der Waals surface area contributed by atoms with Crippen LogP contribution in [0.4, 0.5) is 5.69 Å². The molecule has 0 radical (unpaired) electrons. The van der Waals surface area contributed by atoms with E-state index in [1.807, 2.05) is 0 Å². The SMILES string of the molecule is CCc1ccc(NCc2cccc3ccccc23)cc1. The first-order valence-electron chi connectivity index (χ1n) is 7.16. The second-order valence-electron chi connectivity index (χ2n) is 5.04. The van der Waals surface area contributed by atoms with Crippen molar-refractivity contribution >= 4 is 16.5 Å². The molecule has 0 spiro atoms. The highest BCUT2D eigenvalue weighted by Gasteiger charge is 2.00. The summed E-state index contributed by atoms with van der Waals surface area (Å²) in [6.45, 7) is 3.03. The fraction of sp³-hybridized carbons (Fsp3) is 0.158. The molecule has 3 rings (SSSR count). The van der Waals surface area contributed by atoms with Crippen LogP contribution in [0, 0.1) is 0 Å². The number of hydrogen-bond donors (Lipinski definition) is 1. The van der Waals surface area contributed by atoms with Gasteiger partial charge in [0.05, 0.1) is 0 Å². The average Bonchev–Trinajstić information content (AvgIpc) is 2.53. The van der Waals surface area contributed by atoms with E-state index in [1.54, 1.807) is 0 Å². The van der Waals surface area contributed by atoms with Crippen molar-refractivity contribution in [3.8, 4) is 0 Å². The molecule has 1 N–H and O–H groups in total. The zero-order chi connectivity index (χ0) is 13.8. The minimum absolute atomic E-state index is 0.854. The third-order valence-electron chi connectivity index (χ3n) is 3.73. The van der Waals surface area contributed by atoms with Crippen LogP contribution in [0.15, 0.2) is 66.7 Å². The summed E-state index contributed by atoms with van der Waals surface area (Å²) in [5.74, 6) is 0. The second kappa shape index (κ2) is 5.79. The van der Waals surface area contributed by atoms with Crippen molar-refractivity contribution in [2.24, 2.45) is 0 Å². The smallest absolute Gasteiger partial charge is 0.0406 e. The largest absolute Gasteiger partial charge is 0.381 e. The Bertz CT molecular complexity index is 693. The lowest BCUT2D eigenvalue weighted by atomic mass is 10.0. The summed E-state index contributed by atoms with van der Waals surface area (Å²) in [4.78, 5) is 0. The average molecular weight is 261 g/mol. The van der Waals surface area contributed by atoms with Crippen molar-refractivity contribution in [3.05, 3.63) is 77.9 Å². The molecule has 0 aliphatic heterocycles. The molecule has 1 heteroatoms. The highest BCUT2D eigenvalue weighted by molar-refractivity contribution is 5.85. The number of benzene rings is 3. The Morgan fingerprint density at radius 1 is 0.800 bits per heavy atom. The summed E-state index contributed by atoms with van der Waals surface area (Å²) < 4.78 is 0. The summed E-state index contributed by atoms with van der Waals surface area (Å²) in [6, 6.07) is 23.7. The third kappa shape index (κ3) is 2.67. The number of fused-ring (bicyclic) bond motifs is 1. The molecule has 3 aromatic rings. The molecule has 20 heavy (non-hydrogen) atoms. The summed E-state index contributed by atoms with van der Waals surface area (Å²) in [5, 5.41) is 6.13. The first kappa shape index (κ1) is 12.7. The molecule has 100 valence electrons. The molecule has 0 bridgehead atoms. The quantitative estimate of drug-likeness (QED) is 0.695. The maximum Gasteiger partial charge on any atom is 0.0406 e. The van der Waals surface area contributed by atoms with Gasteiger partial charge in [0.2, 0.25) is 0 Å². The summed E-state index contributed by atoms with van der Waals surface area (Å²) in [6.07, 6.45) is 1.09. The van der Waals surface area contributed by atoms with Crippen molar-refractivity contribution in [3.63, 3.8) is 0 Å². The van der Waals surface area contributed by atoms with Crippen molar-refractivity contribution < 1.29 is 0 Å². The van der Waals surface area contributed by atoms with E-state index < -0.39 is 0 Å². The van der Waals surface area contributed by atoms with E-state index in [4.69, 9.17) is 0 Å². The lowest BCUT2D eigenvalue weighted by molar-refractivity contribution is 1.13. The molecule has 0 saturated carbocycles. The fourth-order valence-corrected chi connectivity index (χ4v) is 2.50. The Hall–Kier alpha value is -2.28. The van der Waals surface area contributed by atoms with Crippen molar-refractivity contribution in [2.45, 2.75) is 19.9 Å². The standard InChI is InChI=1S/C19H19N/c1-2-15-10-12-18(13-11-15)20-14-17-8-5-7-16-6-3-4-9-19(16)17/h3-13,20H,2,14H2,1H3. The van der Waals surface area contributed by atoms with Crippen LogP contribution in [0.1, 0.15) is 18.1 Å². The molecule has 0 aliphatic rings. The highest BCUT2D eigenvalue weighted by atomic mass is 14.9. The number of rotatable bonds is 4. The van der Waals surface area contributed by atoms with Crippen molar-refractivity contribution in [2.75, 3.05) is 5.32 Å². The van der Waals surface area contributed by atoms with Gasteiger partial charge in [0, 0.05) is 12.2 Å². The Morgan fingerprint density at radius 3 is 2.35 bits per heavy atom. The zero-order valence-corrected chi connectivity index (χ0v) is 11.8. The van der Waals surface area contributed by atoms with Gasteiger partial charge in [0.25, 0.3) is 0 Å². The molecule has 0 aromatic heterocycles. The van der Waals surface area contributed by atoms with Gasteiger partial charge in [-0.15, -0.1) is 0 Å². The van der Waals surface area contributed by atoms with Crippen LogP contribution < -0.4 is 5.32 Å². The zero-order valence-electron chi connectivity index (χ0n) is 11.8. The van der Waals surface area contributed by atoms with Crippen LogP contribution in [0.2, 0.25) is 0 Å². The van der Waals surface area contributed by atoms with Gasteiger partial charge in [-0.2, -0.15) is 0 Å². The van der Waals surface area contributed by atoms with Crippen molar-refractivity contribution in [1.29, 1.82) is 0 Å². The Morgan fingerprint density at radius 2 is 1.55 bits per heavy atom. The molecule has 1 nitrogen and oxygen atoms in total. The van der Waals surface area contributed by atoms with Crippen LogP contribution in [0.25, 0.3) is 10.8 Å². The van der Waals surface area contributed by atoms with Gasteiger partial charge in [-0.25, -0.2) is 0 Å². The van der Waals surface area contributed by atoms with Gasteiger partial charge < -0.3 is 5.32 Å². The monoisotopic (exact) mass is 261 g/mol. The topological polar surface area (TPSA) is 12.0 Å². The van der Waals surface area contributed by atoms with Crippen LogP contribution >= 0.6 is 0 Å². The van der Waals surface area contributed by atoms with Crippen LogP contribution in [0.5, 0.6) is 0 Å². The number of hydrogen-bond acceptors (Lipinski definition) is 1. The molecule has 0 fully saturated rings. The second-order valence-corrected chi connectivity index (χ2v) is 5.04. The first-order valence-corrected chi connectivity index (χ1v) is 7.16. The van der Waals surface area contributed by atoms with Gasteiger partial charge in [0.1, 0.15) is 0 Å². The minimum atomic E-state index is 0.854. The summed E-state index contributed by atoms with van der Waals surface area (Å²) >= 11 is 0. The molecule has 0 amide bonds. The first-order chi connectivity index (χ1) is 9.86. The molecular formula is C19H19N. The predicted octanol–water partition coefficient (Wildman–Crippen LogP) is 5.01. The highest BCUT2D eigenvalue weighted by Crippen LogP contribution is 2.20. The lowest BCUT2D eigenvalue weighted by Crippen LogP contribution is -2.00. The van der Waals surface area contributed by atoms with Gasteiger partial charge in [0.15, 0.2) is 0 Å². The summed E-state index contributed by atoms with van der Waals surface area (Å²) in [7, 11) is 0. The molecule has 0 atom stereocenters.